The molecule has 26 heavy (non-hydrogen) atoms. The molecule has 140 valence electrons. The normalized spacial score (nSPS) is 17.1. The van der Waals surface area contributed by atoms with Crippen LogP contribution < -0.4 is 5.32 Å². The van der Waals surface area contributed by atoms with Crippen LogP contribution in [0.4, 0.5) is 0 Å². The monoisotopic (exact) mass is 374 g/mol. The van der Waals surface area contributed by atoms with Gasteiger partial charge in [-0.2, -0.15) is 5.10 Å². The quantitative estimate of drug-likeness (QED) is 0.875. The summed E-state index contributed by atoms with van der Waals surface area (Å²) in [6.07, 6.45) is 1.48. The molecule has 1 aliphatic heterocycles. The average Bonchev–Trinajstić information content (AvgIpc) is 3.18. The van der Waals surface area contributed by atoms with Crippen LogP contribution in [0, 0.1) is 26.7 Å². The molecule has 2 aromatic rings. The molecule has 0 bridgehead atoms. The first kappa shape index (κ1) is 18.9. The zero-order chi connectivity index (χ0) is 18.8. The predicted molar refractivity (Wildman–Crippen MR) is 105 cm³/mol. The Morgan fingerprint density at radius 3 is 2.81 bits per heavy atom. The summed E-state index contributed by atoms with van der Waals surface area (Å²) in [6, 6.07) is 5.92. The van der Waals surface area contributed by atoms with Crippen LogP contribution in [0.2, 0.25) is 5.02 Å². The van der Waals surface area contributed by atoms with E-state index in [-0.39, 0.29) is 5.91 Å². The number of hydrogen-bond acceptors (Lipinski definition) is 3. The second-order valence-corrected chi connectivity index (χ2v) is 7.63. The van der Waals surface area contributed by atoms with E-state index in [2.05, 4.69) is 10.4 Å². The number of benzene rings is 1. The van der Waals surface area contributed by atoms with Gasteiger partial charge >= 0.3 is 0 Å². The van der Waals surface area contributed by atoms with E-state index in [1.807, 2.05) is 55.6 Å². The van der Waals surface area contributed by atoms with E-state index in [9.17, 15) is 4.79 Å². The Bertz CT molecular complexity index is 814. The Hall–Kier alpha value is -1.85. The Morgan fingerprint density at radius 1 is 1.35 bits per heavy atom. The van der Waals surface area contributed by atoms with Gasteiger partial charge in [-0.1, -0.05) is 17.7 Å². The molecule has 6 heteroatoms. The molecule has 3 rings (SSSR count). The van der Waals surface area contributed by atoms with Gasteiger partial charge < -0.3 is 10.2 Å². The number of aromatic nitrogens is 2. The van der Waals surface area contributed by atoms with Gasteiger partial charge in [0.1, 0.15) is 0 Å². The number of carbonyl (C=O) groups is 1. The predicted octanol–water partition coefficient (Wildman–Crippen LogP) is 3.06. The van der Waals surface area contributed by atoms with Gasteiger partial charge in [0.25, 0.3) is 0 Å². The van der Waals surface area contributed by atoms with Crippen LogP contribution in [0.15, 0.2) is 18.2 Å². The summed E-state index contributed by atoms with van der Waals surface area (Å²) < 4.78 is 1.89. The van der Waals surface area contributed by atoms with Gasteiger partial charge in [-0.25, -0.2) is 4.68 Å². The van der Waals surface area contributed by atoms with E-state index in [1.54, 1.807) is 0 Å². The van der Waals surface area contributed by atoms with Crippen molar-refractivity contribution in [2.75, 3.05) is 26.7 Å². The molecule has 1 atom stereocenters. The molecule has 2 heterocycles. The summed E-state index contributed by atoms with van der Waals surface area (Å²) in [5, 5.41) is 8.58. The molecule has 0 saturated carbocycles. The zero-order valence-corrected chi connectivity index (χ0v) is 16.7. The molecule has 1 N–H and O–H groups in total. The van der Waals surface area contributed by atoms with Crippen molar-refractivity contribution in [2.45, 2.75) is 33.6 Å². The fourth-order valence-corrected chi connectivity index (χ4v) is 3.85. The molecule has 0 unspecified atom stereocenters. The molecule has 1 aromatic heterocycles. The van der Waals surface area contributed by atoms with Crippen LogP contribution in [0.25, 0.3) is 5.69 Å². The Labute approximate surface area is 160 Å². The summed E-state index contributed by atoms with van der Waals surface area (Å²) in [5.74, 6) is 0.750. The minimum atomic E-state index is 0.191. The van der Waals surface area contributed by atoms with Crippen LogP contribution in [0.1, 0.15) is 28.9 Å². The number of amides is 1. The number of nitrogens with zero attached hydrogens (tertiary/aromatic N) is 3. The smallest absolute Gasteiger partial charge is 0.227 e. The van der Waals surface area contributed by atoms with Crippen molar-refractivity contribution in [3.63, 3.8) is 0 Å². The van der Waals surface area contributed by atoms with Crippen LogP contribution >= 0.6 is 11.6 Å². The van der Waals surface area contributed by atoms with Crippen LogP contribution in [-0.4, -0.2) is 47.3 Å². The lowest BCUT2D eigenvalue weighted by Crippen LogP contribution is -2.31. The number of halogens is 1. The number of rotatable bonds is 5. The molecule has 1 amide bonds. The minimum absolute atomic E-state index is 0.191. The lowest BCUT2D eigenvalue weighted by atomic mass is 10.1. The molecule has 1 saturated heterocycles. The first-order valence-electron chi connectivity index (χ1n) is 9.14. The fraction of sp³-hybridized carbons (Fsp3) is 0.500. The third kappa shape index (κ3) is 3.79. The van der Waals surface area contributed by atoms with E-state index >= 15 is 0 Å². The van der Waals surface area contributed by atoms with Crippen molar-refractivity contribution in [3.05, 3.63) is 45.7 Å². The third-order valence-corrected chi connectivity index (χ3v) is 5.71. The maximum absolute atomic E-state index is 12.8. The first-order valence-corrected chi connectivity index (χ1v) is 9.52. The number of hydrogen-bond donors (Lipinski definition) is 1. The van der Waals surface area contributed by atoms with Crippen molar-refractivity contribution in [1.29, 1.82) is 0 Å². The number of likely N-dealkylation sites (tertiary alicyclic amines) is 1. The molecular formula is C20H27ClN4O. The number of aryl methyl sites for hydroxylation is 2. The van der Waals surface area contributed by atoms with E-state index in [0.717, 1.165) is 59.3 Å². The Kier molecular flexibility index (Phi) is 5.68. The van der Waals surface area contributed by atoms with E-state index in [1.165, 1.54) is 0 Å². The summed E-state index contributed by atoms with van der Waals surface area (Å²) >= 11 is 6.27. The Balaban J connectivity index is 1.78. The highest BCUT2D eigenvalue weighted by Crippen LogP contribution is 2.24. The van der Waals surface area contributed by atoms with Crippen LogP contribution in [0.3, 0.4) is 0 Å². The molecule has 1 aromatic carbocycles. The van der Waals surface area contributed by atoms with E-state index < -0.39 is 0 Å². The Morgan fingerprint density at radius 2 is 2.12 bits per heavy atom. The van der Waals surface area contributed by atoms with Gasteiger partial charge in [-0.3, -0.25) is 4.79 Å². The maximum Gasteiger partial charge on any atom is 0.227 e. The molecule has 0 radical (unpaired) electrons. The fourth-order valence-electron chi connectivity index (χ4n) is 3.67. The maximum atomic E-state index is 12.8. The highest BCUT2D eigenvalue weighted by atomic mass is 35.5. The summed E-state index contributed by atoms with van der Waals surface area (Å²) in [5.41, 5.74) is 4.89. The van der Waals surface area contributed by atoms with Gasteiger partial charge in [0.05, 0.1) is 17.8 Å². The van der Waals surface area contributed by atoms with Gasteiger partial charge in [0.2, 0.25) is 5.91 Å². The standard InChI is InChI=1S/C20H27ClN4O/c1-13-5-6-17(9-19(13)21)25-15(3)18(14(2)23-25)10-20(26)24-8-7-16(12-24)11-22-4/h5-6,9,16,22H,7-8,10-12H2,1-4H3/t16-/m0/s1. The lowest BCUT2D eigenvalue weighted by Gasteiger charge is -2.17. The van der Waals surface area contributed by atoms with Gasteiger partial charge in [-0.05, 0) is 64.4 Å². The molecule has 0 aliphatic carbocycles. The average molecular weight is 375 g/mol. The van der Waals surface area contributed by atoms with Gasteiger partial charge in [0, 0.05) is 29.4 Å². The third-order valence-electron chi connectivity index (χ3n) is 5.30. The molecular weight excluding hydrogens is 348 g/mol. The van der Waals surface area contributed by atoms with Crippen molar-refractivity contribution in [2.24, 2.45) is 5.92 Å². The van der Waals surface area contributed by atoms with Crippen molar-refractivity contribution >= 4 is 17.5 Å². The highest BCUT2D eigenvalue weighted by Gasteiger charge is 2.27. The van der Waals surface area contributed by atoms with Crippen molar-refractivity contribution in [3.8, 4) is 5.69 Å². The van der Waals surface area contributed by atoms with Crippen LogP contribution in [-0.2, 0) is 11.2 Å². The topological polar surface area (TPSA) is 50.2 Å². The van der Waals surface area contributed by atoms with E-state index in [4.69, 9.17) is 11.6 Å². The summed E-state index contributed by atoms with van der Waals surface area (Å²) in [7, 11) is 1.96. The molecule has 1 aliphatic rings. The SMILES string of the molecule is CNC[C@@H]1CCN(C(=O)Cc2c(C)nn(-c3ccc(C)c(Cl)c3)c2C)C1. The molecule has 0 spiro atoms. The molecule has 5 nitrogen and oxygen atoms in total. The lowest BCUT2D eigenvalue weighted by molar-refractivity contribution is -0.129. The number of nitrogens with one attached hydrogen (secondary N) is 1. The van der Waals surface area contributed by atoms with E-state index in [0.29, 0.717) is 12.3 Å². The van der Waals surface area contributed by atoms with Crippen LogP contribution in [0.5, 0.6) is 0 Å². The second-order valence-electron chi connectivity index (χ2n) is 7.22. The summed E-state index contributed by atoms with van der Waals surface area (Å²) in [6.45, 7) is 8.63. The first-order chi connectivity index (χ1) is 12.4. The second kappa shape index (κ2) is 7.80. The van der Waals surface area contributed by atoms with Crippen molar-refractivity contribution < 1.29 is 4.79 Å². The largest absolute Gasteiger partial charge is 0.342 e. The zero-order valence-electron chi connectivity index (χ0n) is 16.0. The van der Waals surface area contributed by atoms with Gasteiger partial charge in [-0.15, -0.1) is 0 Å². The van der Waals surface area contributed by atoms with Crippen molar-refractivity contribution in [1.82, 2.24) is 20.0 Å². The number of carbonyl (C=O) groups excluding carboxylic acids is 1. The minimum Gasteiger partial charge on any atom is -0.342 e. The van der Waals surface area contributed by atoms with Gasteiger partial charge in [0.15, 0.2) is 0 Å². The highest BCUT2D eigenvalue weighted by molar-refractivity contribution is 6.31. The summed E-state index contributed by atoms with van der Waals surface area (Å²) in [4.78, 5) is 14.7. The molecule has 1 fully saturated rings.